The van der Waals surface area contributed by atoms with Crippen molar-refractivity contribution in [2.24, 2.45) is 17.8 Å². The molecular weight excluding hydrogens is 304 g/mol. The first-order valence-corrected chi connectivity index (χ1v) is 8.83. The van der Waals surface area contributed by atoms with E-state index in [1.54, 1.807) is 0 Å². The van der Waals surface area contributed by atoms with E-state index in [1.165, 1.54) is 11.9 Å². The van der Waals surface area contributed by atoms with E-state index < -0.39 is 5.97 Å². The Balaban J connectivity index is 1.41. The minimum atomic E-state index is -0.665. The van der Waals surface area contributed by atoms with E-state index in [4.69, 9.17) is 10.1 Å². The maximum atomic E-state index is 10.9. The van der Waals surface area contributed by atoms with E-state index in [0.29, 0.717) is 30.2 Å². The number of hydrogen-bond donors (Lipinski definition) is 1. The van der Waals surface area contributed by atoms with Crippen molar-refractivity contribution >= 4 is 23.1 Å². The second kappa shape index (κ2) is 4.88. The zero-order chi connectivity index (χ0) is 16.4. The molecule has 2 aromatic rings. The fourth-order valence-corrected chi connectivity index (χ4v) is 4.55. The molecule has 1 saturated carbocycles. The summed E-state index contributed by atoms with van der Waals surface area (Å²) in [6, 6.07) is 4.75. The molecule has 0 amide bonds. The van der Waals surface area contributed by atoms with Gasteiger partial charge in [0.05, 0.1) is 11.7 Å². The van der Waals surface area contributed by atoms with Gasteiger partial charge in [-0.2, -0.15) is 0 Å². The van der Waals surface area contributed by atoms with Crippen LogP contribution in [0.25, 0.3) is 5.52 Å². The average molecular weight is 326 g/mol. The molecular formula is C18H22N4O2. The van der Waals surface area contributed by atoms with Gasteiger partial charge >= 0.3 is 5.97 Å². The summed E-state index contributed by atoms with van der Waals surface area (Å²) in [4.78, 5) is 20.6. The molecule has 3 aliphatic rings. The Morgan fingerprint density at radius 3 is 2.79 bits per heavy atom. The average Bonchev–Trinajstić information content (AvgIpc) is 2.98. The Bertz CT molecular complexity index is 804. The maximum Gasteiger partial charge on any atom is 0.303 e. The fourth-order valence-electron chi connectivity index (χ4n) is 4.55. The number of anilines is 2. The van der Waals surface area contributed by atoms with Crippen molar-refractivity contribution in [3.8, 4) is 0 Å². The summed E-state index contributed by atoms with van der Waals surface area (Å²) in [5.74, 6) is 2.89. The standard InChI is InChI=1S/C18H22N4O2/c1-11-4-6-22(11)18-15-3-2-5-20(15)10-16(19-18)21-8-13-12(7-17(23)24)14(13)9-21/h2-3,5,10-14H,4,6-9H2,1H3,(H,23,24)/t11-,12-,13-,14+/m0/s1. The Kier molecular flexibility index (Phi) is 2.87. The monoisotopic (exact) mass is 326 g/mol. The van der Waals surface area contributed by atoms with Crippen molar-refractivity contribution in [3.05, 3.63) is 24.5 Å². The Hall–Kier alpha value is -2.24. The molecule has 0 radical (unpaired) electrons. The molecule has 6 nitrogen and oxygen atoms in total. The van der Waals surface area contributed by atoms with Crippen LogP contribution >= 0.6 is 0 Å². The molecule has 2 saturated heterocycles. The number of carboxylic acid groups (broad SMARTS) is 1. The van der Waals surface area contributed by atoms with Gasteiger partial charge in [0.25, 0.3) is 0 Å². The van der Waals surface area contributed by atoms with Crippen LogP contribution in [-0.4, -0.2) is 46.1 Å². The Labute approximate surface area is 140 Å². The van der Waals surface area contributed by atoms with Gasteiger partial charge in [-0.05, 0) is 43.2 Å². The molecule has 24 heavy (non-hydrogen) atoms. The zero-order valence-corrected chi connectivity index (χ0v) is 13.8. The third-order valence-electron chi connectivity index (χ3n) is 6.18. The van der Waals surface area contributed by atoms with Crippen LogP contribution in [0.4, 0.5) is 11.6 Å². The molecule has 6 heteroatoms. The van der Waals surface area contributed by atoms with Crippen molar-refractivity contribution < 1.29 is 9.90 Å². The van der Waals surface area contributed by atoms with Crippen molar-refractivity contribution in [2.45, 2.75) is 25.8 Å². The first kappa shape index (κ1) is 14.1. The number of rotatable bonds is 4. The number of carboxylic acids is 1. The highest BCUT2D eigenvalue weighted by Gasteiger charge is 2.56. The van der Waals surface area contributed by atoms with Crippen LogP contribution in [0.3, 0.4) is 0 Å². The Morgan fingerprint density at radius 1 is 1.38 bits per heavy atom. The van der Waals surface area contributed by atoms with Crippen molar-refractivity contribution in [3.63, 3.8) is 0 Å². The quantitative estimate of drug-likeness (QED) is 0.932. The lowest BCUT2D eigenvalue weighted by atomic mass is 10.1. The Morgan fingerprint density at radius 2 is 2.17 bits per heavy atom. The highest BCUT2D eigenvalue weighted by molar-refractivity contribution is 5.73. The number of carbonyl (C=O) groups is 1. The molecule has 0 bridgehead atoms. The third kappa shape index (κ3) is 2.01. The minimum absolute atomic E-state index is 0.323. The van der Waals surface area contributed by atoms with E-state index in [2.05, 4.69) is 45.7 Å². The summed E-state index contributed by atoms with van der Waals surface area (Å²) in [5.41, 5.74) is 1.17. The molecule has 126 valence electrons. The molecule has 0 aromatic carbocycles. The SMILES string of the molecule is C[C@H]1CCN1c1nc(N2C[C@@H]3[C@@H](CC(=O)O)[C@@H]3C2)cn2cccc12. The molecule has 1 aliphatic carbocycles. The van der Waals surface area contributed by atoms with Gasteiger partial charge in [-0.15, -0.1) is 0 Å². The second-order valence-electron chi connectivity index (χ2n) is 7.55. The predicted octanol–water partition coefficient (Wildman–Crippen LogP) is 2.09. The zero-order valence-electron chi connectivity index (χ0n) is 13.8. The number of fused-ring (bicyclic) bond motifs is 2. The number of aromatic nitrogens is 2. The molecule has 2 aromatic heterocycles. The van der Waals surface area contributed by atoms with Crippen LogP contribution in [-0.2, 0) is 4.79 Å². The van der Waals surface area contributed by atoms with E-state index in [1.807, 2.05) is 0 Å². The summed E-state index contributed by atoms with van der Waals surface area (Å²) in [6.45, 7) is 5.21. The molecule has 1 N–H and O–H groups in total. The van der Waals surface area contributed by atoms with Crippen LogP contribution in [0.2, 0.25) is 0 Å². The van der Waals surface area contributed by atoms with Gasteiger partial charge < -0.3 is 19.3 Å². The van der Waals surface area contributed by atoms with Crippen molar-refractivity contribution in [1.82, 2.24) is 9.38 Å². The number of nitrogens with zero attached hydrogens (tertiary/aromatic N) is 4. The molecule has 2 aliphatic heterocycles. The van der Waals surface area contributed by atoms with E-state index in [-0.39, 0.29) is 0 Å². The molecule has 4 atom stereocenters. The van der Waals surface area contributed by atoms with Crippen LogP contribution in [0.15, 0.2) is 24.5 Å². The van der Waals surface area contributed by atoms with Gasteiger partial charge in [-0.1, -0.05) is 0 Å². The largest absolute Gasteiger partial charge is 0.481 e. The summed E-state index contributed by atoms with van der Waals surface area (Å²) >= 11 is 0. The van der Waals surface area contributed by atoms with Crippen molar-refractivity contribution in [2.75, 3.05) is 29.4 Å². The van der Waals surface area contributed by atoms with E-state index in [0.717, 1.165) is 31.3 Å². The van der Waals surface area contributed by atoms with Crippen LogP contribution < -0.4 is 9.80 Å². The van der Waals surface area contributed by atoms with Gasteiger partial charge in [0.1, 0.15) is 5.82 Å². The summed E-state index contributed by atoms with van der Waals surface area (Å²) < 4.78 is 2.17. The number of aliphatic carboxylic acids is 1. The minimum Gasteiger partial charge on any atom is -0.481 e. The van der Waals surface area contributed by atoms with Crippen molar-refractivity contribution in [1.29, 1.82) is 0 Å². The van der Waals surface area contributed by atoms with Gasteiger partial charge in [0, 0.05) is 38.3 Å². The lowest BCUT2D eigenvalue weighted by molar-refractivity contribution is -0.137. The summed E-state index contributed by atoms with van der Waals surface area (Å²) in [5, 5.41) is 8.98. The molecule has 3 fully saturated rings. The van der Waals surface area contributed by atoms with E-state index in [9.17, 15) is 4.79 Å². The first-order valence-electron chi connectivity index (χ1n) is 8.83. The molecule has 0 unspecified atom stereocenters. The maximum absolute atomic E-state index is 10.9. The highest BCUT2D eigenvalue weighted by atomic mass is 16.4. The normalized spacial score (nSPS) is 31.2. The van der Waals surface area contributed by atoms with Gasteiger partial charge in [-0.25, -0.2) is 4.98 Å². The topological polar surface area (TPSA) is 61.1 Å². The van der Waals surface area contributed by atoms with Crippen LogP contribution in [0, 0.1) is 17.8 Å². The first-order chi connectivity index (χ1) is 11.6. The lowest BCUT2D eigenvalue weighted by Crippen LogP contribution is -2.46. The molecule has 4 heterocycles. The summed E-state index contributed by atoms with van der Waals surface area (Å²) in [7, 11) is 0. The van der Waals surface area contributed by atoms with Gasteiger partial charge in [0.15, 0.2) is 5.82 Å². The lowest BCUT2D eigenvalue weighted by Gasteiger charge is -2.40. The third-order valence-corrected chi connectivity index (χ3v) is 6.18. The number of hydrogen-bond acceptors (Lipinski definition) is 4. The van der Waals surface area contributed by atoms with E-state index >= 15 is 0 Å². The predicted molar refractivity (Wildman–Crippen MR) is 91.6 cm³/mol. The summed E-state index contributed by atoms with van der Waals surface area (Å²) in [6.07, 6.45) is 5.74. The van der Waals surface area contributed by atoms with Crippen LogP contribution in [0.5, 0.6) is 0 Å². The fraction of sp³-hybridized carbons (Fsp3) is 0.556. The second-order valence-corrected chi connectivity index (χ2v) is 7.55. The van der Waals surface area contributed by atoms with Gasteiger partial charge in [-0.3, -0.25) is 4.79 Å². The van der Waals surface area contributed by atoms with Crippen LogP contribution in [0.1, 0.15) is 19.8 Å². The molecule has 5 rings (SSSR count). The smallest absolute Gasteiger partial charge is 0.303 e. The molecule has 0 spiro atoms. The highest BCUT2D eigenvalue weighted by Crippen LogP contribution is 2.54. The number of piperidine rings is 1. The van der Waals surface area contributed by atoms with Gasteiger partial charge in [0.2, 0.25) is 0 Å².